The third-order valence-electron chi connectivity index (χ3n) is 4.75. The minimum Gasteiger partial charge on any atom is -0.497 e. The van der Waals surface area contributed by atoms with Crippen LogP contribution in [0.25, 0.3) is 6.08 Å². The van der Waals surface area contributed by atoms with E-state index in [4.69, 9.17) is 9.47 Å². The average molecular weight is 436 g/mol. The van der Waals surface area contributed by atoms with Gasteiger partial charge in [0.1, 0.15) is 5.75 Å². The van der Waals surface area contributed by atoms with Gasteiger partial charge in [0, 0.05) is 36.1 Å². The second-order valence-electron chi connectivity index (χ2n) is 6.31. The van der Waals surface area contributed by atoms with Gasteiger partial charge in [0.05, 0.1) is 10.9 Å². The van der Waals surface area contributed by atoms with Crippen molar-refractivity contribution in [2.24, 2.45) is 0 Å². The van der Waals surface area contributed by atoms with Gasteiger partial charge in [-0.3, -0.25) is 4.79 Å². The summed E-state index contributed by atoms with van der Waals surface area (Å²) in [5.41, 5.74) is 1.12. The number of carbonyl (C=O) groups is 1. The zero-order chi connectivity index (χ0) is 18.4. The summed E-state index contributed by atoms with van der Waals surface area (Å²) in [6.07, 6.45) is 5.22. The fourth-order valence-corrected chi connectivity index (χ4v) is 4.49. The van der Waals surface area contributed by atoms with Gasteiger partial charge < -0.3 is 14.8 Å². The minimum atomic E-state index is -0.0972. The van der Waals surface area contributed by atoms with Crippen molar-refractivity contribution in [2.45, 2.75) is 18.3 Å². The second kappa shape index (κ2) is 8.84. The van der Waals surface area contributed by atoms with E-state index in [2.05, 4.69) is 33.4 Å². The van der Waals surface area contributed by atoms with E-state index in [1.807, 2.05) is 30.3 Å². The Balaban J connectivity index is 1.68. The molecule has 1 N–H and O–H groups in total. The molecule has 0 saturated carbocycles. The lowest BCUT2D eigenvalue weighted by Crippen LogP contribution is -2.44. The fraction of sp³-hybridized carbons (Fsp3) is 0.350. The van der Waals surface area contributed by atoms with Gasteiger partial charge in [0.2, 0.25) is 5.91 Å². The zero-order valence-electron chi connectivity index (χ0n) is 14.7. The molecule has 0 bridgehead atoms. The van der Waals surface area contributed by atoms with Crippen molar-refractivity contribution in [1.82, 2.24) is 5.32 Å². The maximum Gasteiger partial charge on any atom is 0.244 e. The first-order valence-electron chi connectivity index (χ1n) is 8.55. The van der Waals surface area contributed by atoms with Gasteiger partial charge in [-0.05, 0) is 64.7 Å². The highest BCUT2D eigenvalue weighted by Crippen LogP contribution is 2.35. The number of nitrogens with one attached hydrogen (secondary N) is 1. The van der Waals surface area contributed by atoms with Crippen LogP contribution in [0.5, 0.6) is 5.75 Å². The van der Waals surface area contributed by atoms with Gasteiger partial charge in [-0.1, -0.05) is 12.1 Å². The fourth-order valence-electron chi connectivity index (χ4n) is 3.17. The Morgan fingerprint density at radius 1 is 1.27 bits per heavy atom. The molecule has 138 valence electrons. The van der Waals surface area contributed by atoms with E-state index >= 15 is 0 Å². The first-order valence-corrected chi connectivity index (χ1v) is 10.2. The number of ether oxygens (including phenoxy) is 2. The molecule has 0 unspecified atom stereocenters. The molecule has 1 aliphatic rings. The van der Waals surface area contributed by atoms with Gasteiger partial charge in [-0.2, -0.15) is 0 Å². The third kappa shape index (κ3) is 4.75. The Bertz CT molecular complexity index is 764. The average Bonchev–Trinajstić information content (AvgIpc) is 3.11. The van der Waals surface area contributed by atoms with Crippen LogP contribution in [0.2, 0.25) is 0 Å². The highest BCUT2D eigenvalue weighted by molar-refractivity contribution is 9.11. The zero-order valence-corrected chi connectivity index (χ0v) is 17.1. The largest absolute Gasteiger partial charge is 0.497 e. The van der Waals surface area contributed by atoms with E-state index in [9.17, 15) is 4.79 Å². The summed E-state index contributed by atoms with van der Waals surface area (Å²) in [5, 5.41) is 3.08. The quantitative estimate of drug-likeness (QED) is 0.683. The van der Waals surface area contributed by atoms with E-state index in [-0.39, 0.29) is 11.3 Å². The number of hydrogen-bond donors (Lipinski definition) is 1. The van der Waals surface area contributed by atoms with Crippen molar-refractivity contribution in [2.75, 3.05) is 26.9 Å². The van der Waals surface area contributed by atoms with Crippen LogP contribution in [0.4, 0.5) is 0 Å². The molecule has 1 saturated heterocycles. The van der Waals surface area contributed by atoms with E-state index < -0.39 is 0 Å². The van der Waals surface area contributed by atoms with Crippen molar-refractivity contribution >= 4 is 39.2 Å². The summed E-state index contributed by atoms with van der Waals surface area (Å²) >= 11 is 5.03. The molecule has 26 heavy (non-hydrogen) atoms. The Hall–Kier alpha value is -1.63. The van der Waals surface area contributed by atoms with Gasteiger partial charge in [0.25, 0.3) is 0 Å². The topological polar surface area (TPSA) is 47.6 Å². The van der Waals surface area contributed by atoms with Gasteiger partial charge in [-0.25, -0.2) is 0 Å². The van der Waals surface area contributed by atoms with E-state index in [0.717, 1.165) is 27.3 Å². The van der Waals surface area contributed by atoms with E-state index in [1.165, 1.54) is 5.56 Å². The summed E-state index contributed by atoms with van der Waals surface area (Å²) in [7, 11) is 1.66. The molecule has 1 amide bonds. The van der Waals surface area contributed by atoms with Crippen LogP contribution >= 0.6 is 27.3 Å². The van der Waals surface area contributed by atoms with Crippen molar-refractivity contribution in [3.63, 3.8) is 0 Å². The molecule has 1 fully saturated rings. The van der Waals surface area contributed by atoms with Crippen LogP contribution in [-0.2, 0) is 14.9 Å². The number of rotatable bonds is 6. The lowest BCUT2D eigenvalue weighted by atomic mass is 9.74. The highest BCUT2D eigenvalue weighted by Gasteiger charge is 2.34. The van der Waals surface area contributed by atoms with Crippen LogP contribution < -0.4 is 10.1 Å². The Labute approximate surface area is 166 Å². The lowest BCUT2D eigenvalue weighted by molar-refractivity contribution is -0.116. The molecule has 0 spiro atoms. The van der Waals surface area contributed by atoms with Crippen LogP contribution in [0, 0.1) is 0 Å². The molecule has 4 nitrogen and oxygen atoms in total. The molecule has 2 heterocycles. The molecule has 0 radical (unpaired) electrons. The predicted molar refractivity (Wildman–Crippen MR) is 109 cm³/mol. The summed E-state index contributed by atoms with van der Waals surface area (Å²) in [5.74, 6) is 0.763. The SMILES string of the molecule is COc1ccc(C2(CNC(=O)/C=C/c3ccc(Br)s3)CCOCC2)cc1. The van der Waals surface area contributed by atoms with Crippen LogP contribution in [-0.4, -0.2) is 32.8 Å². The van der Waals surface area contributed by atoms with Crippen LogP contribution in [0.15, 0.2) is 46.3 Å². The number of methoxy groups -OCH3 is 1. The Morgan fingerprint density at radius 2 is 2.00 bits per heavy atom. The lowest BCUT2D eigenvalue weighted by Gasteiger charge is -2.38. The van der Waals surface area contributed by atoms with Gasteiger partial charge in [0.15, 0.2) is 0 Å². The normalized spacial score (nSPS) is 16.5. The minimum absolute atomic E-state index is 0.0751. The van der Waals surface area contributed by atoms with Crippen LogP contribution in [0.3, 0.4) is 0 Å². The summed E-state index contributed by atoms with van der Waals surface area (Å²) < 4.78 is 11.9. The maximum absolute atomic E-state index is 12.3. The van der Waals surface area contributed by atoms with Crippen molar-refractivity contribution in [1.29, 1.82) is 0 Å². The molecule has 2 aromatic rings. The molecular formula is C20H22BrNO3S. The molecule has 0 aliphatic carbocycles. The molecule has 1 aromatic carbocycles. The number of amides is 1. The monoisotopic (exact) mass is 435 g/mol. The molecule has 6 heteroatoms. The summed E-state index contributed by atoms with van der Waals surface area (Å²) in [4.78, 5) is 13.3. The van der Waals surface area contributed by atoms with E-state index in [1.54, 1.807) is 24.5 Å². The van der Waals surface area contributed by atoms with E-state index in [0.29, 0.717) is 19.8 Å². The second-order valence-corrected chi connectivity index (χ2v) is 8.81. The van der Waals surface area contributed by atoms with Crippen molar-refractivity contribution in [3.8, 4) is 5.75 Å². The number of halogens is 1. The molecule has 1 aromatic heterocycles. The first kappa shape index (κ1) is 19.1. The highest BCUT2D eigenvalue weighted by atomic mass is 79.9. The Kier molecular flexibility index (Phi) is 6.51. The molecule has 3 rings (SSSR count). The summed E-state index contributed by atoms with van der Waals surface area (Å²) in [6.45, 7) is 2.02. The third-order valence-corrected chi connectivity index (χ3v) is 6.34. The van der Waals surface area contributed by atoms with Gasteiger partial charge in [-0.15, -0.1) is 11.3 Å². The summed E-state index contributed by atoms with van der Waals surface area (Å²) in [6, 6.07) is 12.1. The standard InChI is InChI=1S/C20H22BrNO3S/c1-24-16-4-2-15(3-5-16)20(10-12-25-13-11-20)14-22-19(23)9-7-17-6-8-18(21)26-17/h2-9H,10-14H2,1H3,(H,22,23)/b9-7+. The number of carbonyl (C=O) groups excluding carboxylic acids is 1. The predicted octanol–water partition coefficient (Wildman–Crippen LogP) is 4.40. The van der Waals surface area contributed by atoms with Crippen molar-refractivity contribution in [3.05, 3.63) is 56.7 Å². The Morgan fingerprint density at radius 3 is 2.62 bits per heavy atom. The maximum atomic E-state index is 12.3. The number of hydrogen-bond acceptors (Lipinski definition) is 4. The molecule has 0 atom stereocenters. The van der Waals surface area contributed by atoms with Crippen LogP contribution in [0.1, 0.15) is 23.3 Å². The van der Waals surface area contributed by atoms with Crippen molar-refractivity contribution < 1.29 is 14.3 Å². The molecule has 1 aliphatic heterocycles. The smallest absolute Gasteiger partial charge is 0.244 e. The number of benzene rings is 1. The first-order chi connectivity index (χ1) is 12.6. The number of thiophene rings is 1. The van der Waals surface area contributed by atoms with Gasteiger partial charge >= 0.3 is 0 Å². The molecular weight excluding hydrogens is 414 g/mol.